The van der Waals surface area contributed by atoms with Gasteiger partial charge in [-0.05, 0) is 30.3 Å². The summed E-state index contributed by atoms with van der Waals surface area (Å²) in [6, 6.07) is 14.1. The number of para-hydroxylation sites is 1. The molecule has 0 aliphatic heterocycles. The molecular formula is C17H15N3O2S2. The van der Waals surface area contributed by atoms with Gasteiger partial charge in [-0.15, -0.1) is 10.2 Å². The highest BCUT2D eigenvalue weighted by Gasteiger charge is 2.14. The van der Waals surface area contributed by atoms with E-state index in [1.807, 2.05) is 30.3 Å². The van der Waals surface area contributed by atoms with E-state index >= 15 is 0 Å². The summed E-state index contributed by atoms with van der Waals surface area (Å²) >= 11 is 3.29. The van der Waals surface area contributed by atoms with Crippen LogP contribution in [0.1, 0.15) is 5.56 Å². The van der Waals surface area contributed by atoms with E-state index < -0.39 is 0 Å². The topological polar surface area (TPSA) is 48.7 Å². The van der Waals surface area contributed by atoms with Crippen molar-refractivity contribution in [1.29, 1.82) is 0 Å². The second-order valence-corrected chi connectivity index (χ2v) is 7.09. The van der Waals surface area contributed by atoms with Gasteiger partial charge in [-0.25, -0.2) is 0 Å². The number of rotatable bonds is 5. The summed E-state index contributed by atoms with van der Waals surface area (Å²) in [6.45, 7) is 0. The highest BCUT2D eigenvalue weighted by molar-refractivity contribution is 7.98. The molecule has 0 aliphatic carbocycles. The van der Waals surface area contributed by atoms with Crippen molar-refractivity contribution in [2.24, 2.45) is 0 Å². The van der Waals surface area contributed by atoms with Gasteiger partial charge in [0, 0.05) is 11.3 Å². The van der Waals surface area contributed by atoms with Crippen LogP contribution >= 0.6 is 23.1 Å². The second-order valence-electron chi connectivity index (χ2n) is 5.14. The van der Waals surface area contributed by atoms with Gasteiger partial charge in [0.1, 0.15) is 11.5 Å². The maximum atomic E-state index is 5.45. The van der Waals surface area contributed by atoms with E-state index in [1.165, 1.54) is 4.70 Å². The lowest BCUT2D eigenvalue weighted by Crippen LogP contribution is -1.93. The summed E-state index contributed by atoms with van der Waals surface area (Å²) in [7, 11) is 3.34. The Hall–Kier alpha value is -2.25. The van der Waals surface area contributed by atoms with Crippen molar-refractivity contribution in [3.8, 4) is 11.5 Å². The van der Waals surface area contributed by atoms with E-state index in [1.54, 1.807) is 37.3 Å². The first-order valence-electron chi connectivity index (χ1n) is 7.36. The molecule has 0 unspecified atom stereocenters. The predicted octanol–water partition coefficient (Wildman–Crippen LogP) is 4.25. The Balaban J connectivity index is 1.68. The van der Waals surface area contributed by atoms with Crippen molar-refractivity contribution in [3.63, 3.8) is 0 Å². The monoisotopic (exact) mass is 357 g/mol. The van der Waals surface area contributed by atoms with E-state index in [0.717, 1.165) is 38.4 Å². The molecule has 2 aromatic carbocycles. The van der Waals surface area contributed by atoms with Gasteiger partial charge in [0.15, 0.2) is 5.16 Å². The van der Waals surface area contributed by atoms with Crippen LogP contribution in [0.25, 0.3) is 15.2 Å². The molecular weight excluding hydrogens is 342 g/mol. The molecule has 24 heavy (non-hydrogen) atoms. The minimum atomic E-state index is 0.728. The lowest BCUT2D eigenvalue weighted by atomic mass is 10.2. The molecule has 0 spiro atoms. The van der Waals surface area contributed by atoms with Crippen LogP contribution in [0.3, 0.4) is 0 Å². The van der Waals surface area contributed by atoms with Crippen LogP contribution in [0.2, 0.25) is 0 Å². The quantitative estimate of drug-likeness (QED) is 0.500. The fraction of sp³-hybridized carbons (Fsp3) is 0.176. The molecule has 122 valence electrons. The molecule has 0 saturated carbocycles. The molecule has 4 rings (SSSR count). The minimum Gasteiger partial charge on any atom is -0.497 e. The van der Waals surface area contributed by atoms with Crippen LogP contribution in [0, 0.1) is 0 Å². The molecule has 0 bridgehead atoms. The summed E-state index contributed by atoms with van der Waals surface area (Å²) in [5, 5.41) is 9.51. The second kappa shape index (κ2) is 6.33. The third-order valence-corrected chi connectivity index (χ3v) is 5.75. The molecule has 0 saturated heterocycles. The van der Waals surface area contributed by atoms with E-state index in [4.69, 9.17) is 9.47 Å². The van der Waals surface area contributed by atoms with Crippen LogP contribution in [-0.4, -0.2) is 28.8 Å². The number of ether oxygens (including phenoxy) is 2. The van der Waals surface area contributed by atoms with Gasteiger partial charge in [0.05, 0.1) is 24.4 Å². The Labute approximate surface area is 147 Å². The third kappa shape index (κ3) is 2.59. The zero-order valence-corrected chi connectivity index (χ0v) is 14.9. The third-order valence-electron chi connectivity index (χ3n) is 3.76. The van der Waals surface area contributed by atoms with Gasteiger partial charge in [-0.1, -0.05) is 35.2 Å². The predicted molar refractivity (Wildman–Crippen MR) is 97.5 cm³/mol. The molecule has 0 atom stereocenters. The Bertz CT molecular complexity index is 1010. The normalized spacial score (nSPS) is 11.2. The fourth-order valence-electron chi connectivity index (χ4n) is 2.59. The van der Waals surface area contributed by atoms with Crippen molar-refractivity contribution in [1.82, 2.24) is 14.6 Å². The lowest BCUT2D eigenvalue weighted by Gasteiger charge is -2.09. The van der Waals surface area contributed by atoms with Crippen molar-refractivity contribution in [3.05, 3.63) is 48.0 Å². The molecule has 4 aromatic rings. The van der Waals surface area contributed by atoms with Gasteiger partial charge >= 0.3 is 0 Å². The molecule has 5 nitrogen and oxygen atoms in total. The smallest absolute Gasteiger partial charge is 0.217 e. The lowest BCUT2D eigenvalue weighted by molar-refractivity contribution is 0.400. The molecule has 2 aromatic heterocycles. The van der Waals surface area contributed by atoms with Crippen LogP contribution in [0.15, 0.2) is 47.6 Å². The average Bonchev–Trinajstić information content (AvgIpc) is 3.18. The van der Waals surface area contributed by atoms with Crippen molar-refractivity contribution in [2.75, 3.05) is 14.2 Å². The molecule has 0 fully saturated rings. The van der Waals surface area contributed by atoms with Gasteiger partial charge in [0.2, 0.25) is 4.96 Å². The number of benzene rings is 2. The highest BCUT2D eigenvalue weighted by atomic mass is 32.2. The van der Waals surface area contributed by atoms with Crippen LogP contribution in [-0.2, 0) is 5.75 Å². The van der Waals surface area contributed by atoms with Crippen LogP contribution in [0.4, 0.5) is 0 Å². The maximum absolute atomic E-state index is 5.45. The molecule has 0 amide bonds. The molecule has 0 N–H and O–H groups in total. The zero-order valence-electron chi connectivity index (χ0n) is 13.2. The average molecular weight is 357 g/mol. The first-order valence-corrected chi connectivity index (χ1v) is 9.16. The summed E-state index contributed by atoms with van der Waals surface area (Å²) < 4.78 is 14.1. The van der Waals surface area contributed by atoms with E-state index in [2.05, 4.69) is 26.7 Å². The van der Waals surface area contributed by atoms with E-state index in [9.17, 15) is 0 Å². The Morgan fingerprint density at radius 3 is 2.79 bits per heavy atom. The van der Waals surface area contributed by atoms with Gasteiger partial charge in [-0.3, -0.25) is 4.40 Å². The van der Waals surface area contributed by atoms with Crippen molar-refractivity contribution < 1.29 is 9.47 Å². The van der Waals surface area contributed by atoms with Gasteiger partial charge in [-0.2, -0.15) is 0 Å². The maximum Gasteiger partial charge on any atom is 0.217 e. The van der Waals surface area contributed by atoms with E-state index in [0.29, 0.717) is 0 Å². The van der Waals surface area contributed by atoms with Crippen LogP contribution < -0.4 is 9.47 Å². The Morgan fingerprint density at radius 2 is 1.96 bits per heavy atom. The number of fused-ring (bicyclic) bond motifs is 3. The summed E-state index contributed by atoms with van der Waals surface area (Å²) in [4.78, 5) is 0.913. The molecule has 2 heterocycles. The Morgan fingerprint density at radius 1 is 1.08 bits per heavy atom. The standard InChI is InChI=1S/C17H15N3O2S2/c1-21-12-7-8-14(22-2)11(9-12)10-23-16-18-19-17-20(16)13-5-3-4-6-15(13)24-17/h3-9H,10H2,1-2H3. The molecule has 0 radical (unpaired) electrons. The SMILES string of the molecule is COc1ccc(OC)c(CSc2nnc3sc4ccccc4n23)c1. The largest absolute Gasteiger partial charge is 0.497 e. The number of methoxy groups -OCH3 is 2. The Kier molecular flexibility index (Phi) is 4.03. The zero-order chi connectivity index (χ0) is 16.5. The first kappa shape index (κ1) is 15.3. The minimum absolute atomic E-state index is 0.728. The number of hydrogen-bond donors (Lipinski definition) is 0. The number of thiazole rings is 1. The van der Waals surface area contributed by atoms with E-state index in [-0.39, 0.29) is 0 Å². The van der Waals surface area contributed by atoms with Crippen LogP contribution in [0.5, 0.6) is 11.5 Å². The summed E-state index contributed by atoms with van der Waals surface area (Å²) in [6.07, 6.45) is 0. The molecule has 0 aliphatic rings. The number of aromatic nitrogens is 3. The number of nitrogens with zero attached hydrogens (tertiary/aromatic N) is 3. The fourth-order valence-corrected chi connectivity index (χ4v) is 4.53. The van der Waals surface area contributed by atoms with Gasteiger partial charge < -0.3 is 9.47 Å². The summed E-state index contributed by atoms with van der Waals surface area (Å²) in [5.41, 5.74) is 2.21. The molecule has 7 heteroatoms. The highest BCUT2D eigenvalue weighted by Crippen LogP contribution is 2.33. The van der Waals surface area contributed by atoms with Crippen molar-refractivity contribution >= 4 is 38.3 Å². The number of hydrogen-bond acceptors (Lipinski definition) is 6. The first-order chi connectivity index (χ1) is 11.8. The van der Waals surface area contributed by atoms with Crippen molar-refractivity contribution in [2.45, 2.75) is 10.9 Å². The summed E-state index contributed by atoms with van der Waals surface area (Å²) in [5.74, 6) is 2.39. The van der Waals surface area contributed by atoms with Gasteiger partial charge in [0.25, 0.3) is 0 Å². The number of thioether (sulfide) groups is 1.